The number of hydrogen-bond donors (Lipinski definition) is 2. The summed E-state index contributed by atoms with van der Waals surface area (Å²) in [6.07, 6.45) is -1.23. The van der Waals surface area contributed by atoms with E-state index < -0.39 is 24.1 Å². The lowest BCUT2D eigenvalue weighted by Crippen LogP contribution is -2.52. The molecule has 0 saturated carbocycles. The normalized spacial score (nSPS) is 18.2. The van der Waals surface area contributed by atoms with Gasteiger partial charge in [0, 0.05) is 31.6 Å². The van der Waals surface area contributed by atoms with Crippen molar-refractivity contribution in [3.8, 4) is 5.69 Å². The number of carboxylic acids is 1. The molecule has 4 amide bonds. The van der Waals surface area contributed by atoms with Crippen molar-refractivity contribution in [2.75, 3.05) is 6.54 Å². The molecule has 6 rings (SSSR count). The van der Waals surface area contributed by atoms with E-state index in [0.29, 0.717) is 43.9 Å². The number of alkyl halides is 3. The smallest absolute Gasteiger partial charge is 0.475 e. The summed E-state index contributed by atoms with van der Waals surface area (Å²) in [7, 11) is 0. The third kappa shape index (κ3) is 5.44. The maximum atomic E-state index is 13.1. The van der Waals surface area contributed by atoms with Crippen molar-refractivity contribution < 1.29 is 42.3 Å². The highest BCUT2D eigenvalue weighted by Crippen LogP contribution is 2.29. The number of halogens is 3. The Morgan fingerprint density at radius 3 is 2.55 bits per heavy atom. The third-order valence-corrected chi connectivity index (χ3v) is 7.10. The van der Waals surface area contributed by atoms with E-state index in [0.717, 1.165) is 17.1 Å². The highest BCUT2D eigenvalue weighted by atomic mass is 19.4. The predicted molar refractivity (Wildman–Crippen MR) is 133 cm³/mol. The summed E-state index contributed by atoms with van der Waals surface area (Å²) in [5.41, 5.74) is 3.04. The van der Waals surface area contributed by atoms with E-state index >= 15 is 0 Å². The number of hydrogen-bond acceptors (Lipinski definition) is 8. The van der Waals surface area contributed by atoms with E-state index in [1.165, 1.54) is 9.58 Å². The van der Waals surface area contributed by atoms with Crippen LogP contribution in [-0.2, 0) is 34.0 Å². The second-order valence-corrected chi connectivity index (χ2v) is 9.77. The molecule has 3 aliphatic heterocycles. The summed E-state index contributed by atoms with van der Waals surface area (Å²) >= 11 is 0. The fourth-order valence-electron chi connectivity index (χ4n) is 4.95. The van der Waals surface area contributed by atoms with Crippen LogP contribution in [0.1, 0.15) is 50.8 Å². The molecule has 5 heterocycles. The predicted octanol–water partition coefficient (Wildman–Crippen LogP) is 0.823. The van der Waals surface area contributed by atoms with Gasteiger partial charge in [-0.25, -0.2) is 14.5 Å². The van der Waals surface area contributed by atoms with Crippen molar-refractivity contribution in [1.82, 2.24) is 39.7 Å². The third-order valence-electron chi connectivity index (χ3n) is 7.10. The van der Waals surface area contributed by atoms with Gasteiger partial charge >= 0.3 is 12.1 Å². The Hall–Kier alpha value is -5.09. The number of rotatable bonds is 3. The highest BCUT2D eigenvalue weighted by Gasteiger charge is 2.39. The lowest BCUT2D eigenvalue weighted by Gasteiger charge is -2.29. The van der Waals surface area contributed by atoms with Gasteiger partial charge in [-0.3, -0.25) is 24.5 Å². The molecule has 0 aliphatic carbocycles. The Labute approximate surface area is 234 Å². The Balaban J connectivity index is 0.000000451. The maximum Gasteiger partial charge on any atom is 0.490 e. The summed E-state index contributed by atoms with van der Waals surface area (Å²) in [6.45, 7) is 3.93. The lowest BCUT2D eigenvalue weighted by molar-refractivity contribution is -0.192. The summed E-state index contributed by atoms with van der Waals surface area (Å²) in [4.78, 5) is 66.2. The molecule has 14 nitrogen and oxygen atoms in total. The number of piperidine rings is 1. The van der Waals surface area contributed by atoms with Gasteiger partial charge in [0.15, 0.2) is 5.69 Å². The van der Waals surface area contributed by atoms with E-state index in [2.05, 4.69) is 25.2 Å². The number of nitrogens with one attached hydrogen (secondary N) is 1. The number of carbonyl (C=O) groups is 5. The van der Waals surface area contributed by atoms with Crippen LogP contribution in [-0.4, -0.2) is 87.8 Å². The zero-order chi connectivity index (χ0) is 30.3. The van der Waals surface area contributed by atoms with Crippen LogP contribution < -0.4 is 5.32 Å². The summed E-state index contributed by atoms with van der Waals surface area (Å²) in [5, 5.41) is 17.6. The fraction of sp³-hybridized carbons (Fsp3) is 0.360. The number of nitrogens with zero attached hydrogens (tertiary/aromatic N) is 7. The van der Waals surface area contributed by atoms with Crippen molar-refractivity contribution in [3.63, 3.8) is 0 Å². The van der Waals surface area contributed by atoms with Gasteiger partial charge in [-0.15, -0.1) is 5.10 Å². The van der Waals surface area contributed by atoms with Crippen molar-refractivity contribution in [2.45, 2.75) is 51.6 Å². The number of fused-ring (bicyclic) bond motifs is 2. The first kappa shape index (κ1) is 28.4. The average molecular weight is 589 g/mol. The molecule has 1 unspecified atom stereocenters. The van der Waals surface area contributed by atoms with Crippen LogP contribution in [0.25, 0.3) is 5.69 Å². The minimum absolute atomic E-state index is 0.205. The highest BCUT2D eigenvalue weighted by molar-refractivity contribution is 6.05. The number of aryl methyl sites for hydroxylation is 1. The van der Waals surface area contributed by atoms with Crippen molar-refractivity contribution >= 4 is 29.6 Å². The van der Waals surface area contributed by atoms with Crippen molar-refractivity contribution in [1.29, 1.82) is 0 Å². The van der Waals surface area contributed by atoms with Gasteiger partial charge in [0.05, 0.1) is 30.3 Å². The van der Waals surface area contributed by atoms with E-state index in [1.807, 2.05) is 13.0 Å². The first-order valence-corrected chi connectivity index (χ1v) is 12.6. The number of aliphatic carboxylic acids is 1. The van der Waals surface area contributed by atoms with Gasteiger partial charge in [-0.1, -0.05) is 11.3 Å². The van der Waals surface area contributed by atoms with Gasteiger partial charge < -0.3 is 19.5 Å². The summed E-state index contributed by atoms with van der Waals surface area (Å²) < 4.78 is 35.3. The monoisotopic (exact) mass is 588 g/mol. The van der Waals surface area contributed by atoms with Crippen LogP contribution in [0.5, 0.6) is 0 Å². The topological polar surface area (TPSA) is 173 Å². The van der Waals surface area contributed by atoms with Gasteiger partial charge in [0.25, 0.3) is 11.8 Å². The Morgan fingerprint density at radius 1 is 1.12 bits per heavy atom. The number of carboxylic acid groups (broad SMARTS) is 1. The Kier molecular flexibility index (Phi) is 7.26. The number of imide groups is 1. The maximum absolute atomic E-state index is 13.1. The molecule has 1 aromatic carbocycles. The van der Waals surface area contributed by atoms with Crippen LogP contribution >= 0.6 is 0 Å². The van der Waals surface area contributed by atoms with E-state index in [4.69, 9.17) is 9.90 Å². The van der Waals surface area contributed by atoms with Crippen molar-refractivity contribution in [3.05, 3.63) is 58.9 Å². The van der Waals surface area contributed by atoms with E-state index in [-0.39, 0.29) is 29.8 Å². The number of imidazole rings is 1. The largest absolute Gasteiger partial charge is 0.490 e. The lowest BCUT2D eigenvalue weighted by atomic mass is 10.0. The minimum Gasteiger partial charge on any atom is -0.475 e. The molecule has 1 fully saturated rings. The molecule has 2 N–H and O–H groups in total. The fourth-order valence-corrected chi connectivity index (χ4v) is 4.95. The van der Waals surface area contributed by atoms with Crippen LogP contribution in [0, 0.1) is 6.92 Å². The average Bonchev–Trinajstić information content (AvgIpc) is 3.66. The molecular weight excluding hydrogens is 565 g/mol. The minimum atomic E-state index is -5.08. The van der Waals surface area contributed by atoms with Crippen LogP contribution in [0.3, 0.4) is 0 Å². The molecule has 0 bridgehead atoms. The van der Waals surface area contributed by atoms with Gasteiger partial charge in [0.2, 0.25) is 11.8 Å². The SMILES string of the molecule is Cc1ncc2n1CCN(C(=O)c1cn(-c3ccc4c(c3)C(=O)N(C3CCC(=O)NC3=O)C4)nn1)C2.O=C(O)C(F)(F)F. The molecule has 17 heteroatoms. The van der Waals surface area contributed by atoms with E-state index in [1.54, 1.807) is 29.4 Å². The zero-order valence-corrected chi connectivity index (χ0v) is 22.0. The number of amides is 4. The summed E-state index contributed by atoms with van der Waals surface area (Å²) in [6, 6.07) is 4.63. The molecule has 3 aliphatic rings. The van der Waals surface area contributed by atoms with E-state index in [9.17, 15) is 32.3 Å². The second-order valence-electron chi connectivity index (χ2n) is 9.77. The molecule has 1 atom stereocenters. The van der Waals surface area contributed by atoms with Crippen LogP contribution in [0.2, 0.25) is 0 Å². The molecule has 3 aromatic rings. The van der Waals surface area contributed by atoms with Crippen LogP contribution in [0.4, 0.5) is 13.2 Å². The van der Waals surface area contributed by atoms with Gasteiger partial charge in [-0.2, -0.15) is 13.2 Å². The summed E-state index contributed by atoms with van der Waals surface area (Å²) in [5.74, 6) is -3.08. The second kappa shape index (κ2) is 10.7. The van der Waals surface area contributed by atoms with Crippen molar-refractivity contribution in [2.24, 2.45) is 0 Å². The first-order chi connectivity index (χ1) is 19.8. The number of aromatic nitrogens is 5. The number of benzene rings is 1. The number of carbonyl (C=O) groups excluding carboxylic acids is 4. The quantitative estimate of drug-likeness (QED) is 0.420. The first-order valence-electron chi connectivity index (χ1n) is 12.6. The molecule has 220 valence electrons. The van der Waals surface area contributed by atoms with Crippen LogP contribution in [0.15, 0.2) is 30.6 Å². The van der Waals surface area contributed by atoms with Gasteiger partial charge in [-0.05, 0) is 31.0 Å². The standard InChI is InChI=1S/C23H22N8O4.C2HF3O2/c1-13-24-9-16-11-28(6-7-29(13)16)23(35)18-12-31(27-26-18)15-3-2-14-10-30(22(34)17(14)8-15)19-4-5-20(32)25-21(19)33;3-2(4,5)1(6)7/h2-3,8-9,12,19H,4-7,10-11H2,1H3,(H,25,32,33);(H,6,7). The molecule has 42 heavy (non-hydrogen) atoms. The van der Waals surface area contributed by atoms with Gasteiger partial charge in [0.1, 0.15) is 11.9 Å². The molecule has 2 aromatic heterocycles. The molecular formula is C25H23F3N8O6. The molecule has 0 spiro atoms. The zero-order valence-electron chi connectivity index (χ0n) is 22.0. The Morgan fingerprint density at radius 2 is 1.86 bits per heavy atom. The molecule has 1 saturated heterocycles. The molecule has 0 radical (unpaired) electrons. The Bertz CT molecular complexity index is 1610.